The highest BCUT2D eigenvalue weighted by Gasteiger charge is 2.18. The van der Waals surface area contributed by atoms with E-state index in [9.17, 15) is 9.59 Å². The normalized spacial score (nSPS) is 10.2. The second-order valence-corrected chi connectivity index (χ2v) is 6.08. The van der Waals surface area contributed by atoms with E-state index in [1.807, 2.05) is 49.7 Å². The molecular weight excluding hydrogens is 354 g/mol. The van der Waals surface area contributed by atoms with Gasteiger partial charge in [0.2, 0.25) is 11.8 Å². The van der Waals surface area contributed by atoms with Crippen molar-refractivity contribution in [2.45, 2.75) is 27.3 Å². The van der Waals surface area contributed by atoms with E-state index in [-0.39, 0.29) is 37.3 Å². The van der Waals surface area contributed by atoms with Gasteiger partial charge in [-0.15, -0.1) is 12.4 Å². The van der Waals surface area contributed by atoms with Gasteiger partial charge in [-0.3, -0.25) is 9.59 Å². The fourth-order valence-electron chi connectivity index (χ4n) is 2.65. The minimum atomic E-state index is -0.346. The number of nitrogens with zero attached hydrogens (tertiary/aromatic N) is 3. The van der Waals surface area contributed by atoms with Crippen molar-refractivity contribution in [3.8, 4) is 5.69 Å². The quantitative estimate of drug-likeness (QED) is 0.790. The van der Waals surface area contributed by atoms with Crippen LogP contribution in [0.5, 0.6) is 0 Å². The molecule has 2 amide bonds. The van der Waals surface area contributed by atoms with Gasteiger partial charge >= 0.3 is 0 Å². The number of aryl methyl sites for hydroxylation is 2. The van der Waals surface area contributed by atoms with E-state index >= 15 is 0 Å². The topological polar surface area (TPSA) is 93.2 Å². The van der Waals surface area contributed by atoms with Crippen LogP contribution in [0.3, 0.4) is 0 Å². The van der Waals surface area contributed by atoms with Crippen LogP contribution < -0.4 is 11.1 Å². The van der Waals surface area contributed by atoms with Crippen molar-refractivity contribution in [1.29, 1.82) is 0 Å². The number of nitrogens with one attached hydrogen (secondary N) is 1. The molecule has 0 unspecified atom stereocenters. The van der Waals surface area contributed by atoms with Crippen molar-refractivity contribution >= 4 is 24.2 Å². The largest absolute Gasteiger partial charge is 0.346 e. The molecule has 1 aromatic carbocycles. The van der Waals surface area contributed by atoms with Gasteiger partial charge in [0, 0.05) is 24.8 Å². The highest BCUT2D eigenvalue weighted by molar-refractivity contribution is 5.85. The lowest BCUT2D eigenvalue weighted by molar-refractivity contribution is -0.131. The van der Waals surface area contributed by atoms with Crippen molar-refractivity contribution in [3.63, 3.8) is 0 Å². The average molecular weight is 380 g/mol. The van der Waals surface area contributed by atoms with Gasteiger partial charge < -0.3 is 16.0 Å². The number of benzene rings is 1. The molecule has 0 saturated carbocycles. The van der Waals surface area contributed by atoms with Crippen LogP contribution >= 0.6 is 12.4 Å². The Morgan fingerprint density at radius 2 is 1.88 bits per heavy atom. The predicted octanol–water partition coefficient (Wildman–Crippen LogP) is 1.25. The molecule has 0 aliphatic carbocycles. The van der Waals surface area contributed by atoms with E-state index in [4.69, 9.17) is 5.73 Å². The molecular formula is C18H26ClN5O2. The molecule has 0 spiro atoms. The molecule has 1 heterocycles. The van der Waals surface area contributed by atoms with Crippen molar-refractivity contribution in [2.24, 2.45) is 5.73 Å². The van der Waals surface area contributed by atoms with Gasteiger partial charge in [-0.2, -0.15) is 5.10 Å². The Kier molecular flexibility index (Phi) is 7.79. The van der Waals surface area contributed by atoms with Crippen LogP contribution in [0.25, 0.3) is 5.69 Å². The Morgan fingerprint density at radius 1 is 1.23 bits per heavy atom. The summed E-state index contributed by atoms with van der Waals surface area (Å²) in [5, 5.41) is 7.12. The third-order valence-corrected chi connectivity index (χ3v) is 4.23. The maximum atomic E-state index is 12.2. The second-order valence-electron chi connectivity index (χ2n) is 6.08. The number of hydrogen-bond donors (Lipinski definition) is 2. The Hall–Kier alpha value is -2.38. The van der Waals surface area contributed by atoms with Crippen LogP contribution in [-0.2, 0) is 16.1 Å². The number of halogens is 1. The lowest BCUT2D eigenvalue weighted by Crippen LogP contribution is -2.40. The first-order chi connectivity index (χ1) is 11.8. The number of rotatable bonds is 6. The van der Waals surface area contributed by atoms with Crippen molar-refractivity contribution in [3.05, 3.63) is 46.8 Å². The Morgan fingerprint density at radius 3 is 2.50 bits per heavy atom. The number of para-hydroxylation sites is 1. The van der Waals surface area contributed by atoms with Crippen LogP contribution in [-0.4, -0.2) is 46.6 Å². The van der Waals surface area contributed by atoms with Gasteiger partial charge in [-0.05, 0) is 32.4 Å². The van der Waals surface area contributed by atoms with E-state index < -0.39 is 0 Å². The Balaban J connectivity index is 0.00000338. The lowest BCUT2D eigenvalue weighted by Gasteiger charge is -2.18. The summed E-state index contributed by atoms with van der Waals surface area (Å²) in [6.07, 6.45) is 0. The van der Waals surface area contributed by atoms with Gasteiger partial charge in [0.15, 0.2) is 0 Å². The molecule has 0 bridgehead atoms. The zero-order chi connectivity index (χ0) is 18.6. The van der Waals surface area contributed by atoms with Crippen molar-refractivity contribution in [1.82, 2.24) is 20.0 Å². The zero-order valence-corrected chi connectivity index (χ0v) is 16.4. The third-order valence-electron chi connectivity index (χ3n) is 4.23. The smallest absolute Gasteiger partial charge is 0.242 e. The van der Waals surface area contributed by atoms with Gasteiger partial charge in [-0.1, -0.05) is 18.2 Å². The van der Waals surface area contributed by atoms with Crippen LogP contribution in [0.2, 0.25) is 0 Å². The van der Waals surface area contributed by atoms with E-state index in [2.05, 4.69) is 10.4 Å². The Labute approximate surface area is 160 Å². The van der Waals surface area contributed by atoms with Crippen molar-refractivity contribution in [2.75, 3.05) is 20.1 Å². The molecule has 0 aliphatic heterocycles. The maximum absolute atomic E-state index is 12.2. The van der Waals surface area contributed by atoms with E-state index in [0.717, 1.165) is 28.2 Å². The summed E-state index contributed by atoms with van der Waals surface area (Å²) in [5.74, 6) is -0.522. The molecule has 0 aliphatic rings. The molecule has 2 rings (SSSR count). The van der Waals surface area contributed by atoms with Crippen LogP contribution in [0.15, 0.2) is 24.3 Å². The first-order valence-corrected chi connectivity index (χ1v) is 8.17. The highest BCUT2D eigenvalue weighted by Crippen LogP contribution is 2.21. The van der Waals surface area contributed by atoms with Crippen molar-refractivity contribution < 1.29 is 9.59 Å². The van der Waals surface area contributed by atoms with E-state index in [1.165, 1.54) is 0 Å². The summed E-state index contributed by atoms with van der Waals surface area (Å²) in [4.78, 5) is 24.9. The Bertz CT molecular complexity index is 788. The molecule has 2 aromatic rings. The minimum Gasteiger partial charge on any atom is -0.346 e. The fraction of sp³-hybridized carbons (Fsp3) is 0.389. The van der Waals surface area contributed by atoms with Crippen LogP contribution in [0.1, 0.15) is 22.5 Å². The molecule has 0 saturated heterocycles. The molecule has 0 radical (unpaired) electrons. The monoisotopic (exact) mass is 379 g/mol. The first-order valence-electron chi connectivity index (χ1n) is 8.17. The van der Waals surface area contributed by atoms with Crippen LogP contribution in [0.4, 0.5) is 0 Å². The molecule has 26 heavy (non-hydrogen) atoms. The van der Waals surface area contributed by atoms with Gasteiger partial charge in [0.1, 0.15) is 0 Å². The minimum absolute atomic E-state index is 0. The molecule has 142 valence electrons. The molecule has 8 heteroatoms. The summed E-state index contributed by atoms with van der Waals surface area (Å²) in [5.41, 5.74) is 10.3. The van der Waals surface area contributed by atoms with Crippen LogP contribution in [0, 0.1) is 20.8 Å². The summed E-state index contributed by atoms with van der Waals surface area (Å²) in [7, 11) is 1.71. The standard InChI is InChI=1S/C18H25N5O2.ClH/c1-12-7-5-6-8-16(12)23-14(3)15(13(2)21-23)11-22(4)18(25)10-20-17(24)9-19;/h5-8H,9-11,19H2,1-4H3,(H,20,24);1H. The fourth-order valence-corrected chi connectivity index (χ4v) is 2.65. The number of carbonyl (C=O) groups is 2. The number of nitrogens with two attached hydrogens (primary N) is 1. The average Bonchev–Trinajstić information content (AvgIpc) is 2.87. The molecule has 3 N–H and O–H groups in total. The first kappa shape index (κ1) is 21.7. The number of amides is 2. The summed E-state index contributed by atoms with van der Waals surface area (Å²) in [6.45, 7) is 6.22. The molecule has 0 atom stereocenters. The number of hydrogen-bond acceptors (Lipinski definition) is 4. The summed E-state index contributed by atoms with van der Waals surface area (Å²) in [6, 6.07) is 8.04. The van der Waals surface area contributed by atoms with Gasteiger partial charge in [-0.25, -0.2) is 4.68 Å². The number of likely N-dealkylation sites (N-methyl/N-ethyl adjacent to an activating group) is 1. The third kappa shape index (κ3) is 4.83. The summed E-state index contributed by atoms with van der Waals surface area (Å²) >= 11 is 0. The zero-order valence-electron chi connectivity index (χ0n) is 15.6. The van der Waals surface area contributed by atoms with E-state index in [0.29, 0.717) is 6.54 Å². The number of carbonyl (C=O) groups excluding carboxylic acids is 2. The maximum Gasteiger partial charge on any atom is 0.242 e. The number of aromatic nitrogens is 2. The molecule has 1 aromatic heterocycles. The van der Waals surface area contributed by atoms with Gasteiger partial charge in [0.05, 0.1) is 24.5 Å². The predicted molar refractivity (Wildman–Crippen MR) is 104 cm³/mol. The lowest BCUT2D eigenvalue weighted by atomic mass is 10.1. The second kappa shape index (κ2) is 9.35. The van der Waals surface area contributed by atoms with Gasteiger partial charge in [0.25, 0.3) is 0 Å². The highest BCUT2D eigenvalue weighted by atomic mass is 35.5. The SMILES string of the molecule is Cc1ccccc1-n1nc(C)c(CN(C)C(=O)CNC(=O)CN)c1C.Cl. The summed E-state index contributed by atoms with van der Waals surface area (Å²) < 4.78 is 1.91. The molecule has 7 nitrogen and oxygen atoms in total. The molecule has 0 fully saturated rings. The van der Waals surface area contributed by atoms with E-state index in [1.54, 1.807) is 11.9 Å².